The van der Waals surface area contributed by atoms with E-state index < -0.39 is 0 Å². The van der Waals surface area contributed by atoms with Crippen LogP contribution in [0.3, 0.4) is 0 Å². The minimum absolute atomic E-state index is 0. The first-order chi connectivity index (χ1) is 7.81. The number of hydrogen-bond acceptors (Lipinski definition) is 1. The zero-order valence-corrected chi connectivity index (χ0v) is 10.3. The van der Waals surface area contributed by atoms with Gasteiger partial charge in [-0.2, -0.15) is 0 Å². The lowest BCUT2D eigenvalue weighted by Crippen LogP contribution is -2.17. The van der Waals surface area contributed by atoms with Crippen LogP contribution in [0.4, 0.5) is 0 Å². The minimum Gasteiger partial charge on any atom is -0.355 e. The SMILES string of the molecule is CNC(=O)c1ccc(-c2ccccc2)cc1.Cl. The number of rotatable bonds is 2. The summed E-state index contributed by atoms with van der Waals surface area (Å²) in [4.78, 5) is 11.4. The molecule has 2 rings (SSSR count). The third kappa shape index (κ3) is 3.08. The quantitative estimate of drug-likeness (QED) is 0.868. The molecule has 0 atom stereocenters. The second-order valence-corrected chi connectivity index (χ2v) is 3.52. The minimum atomic E-state index is -0.0559. The van der Waals surface area contributed by atoms with Crippen molar-refractivity contribution in [3.8, 4) is 11.1 Å². The lowest BCUT2D eigenvalue weighted by Gasteiger charge is -2.03. The molecule has 3 heteroatoms. The highest BCUT2D eigenvalue weighted by Crippen LogP contribution is 2.18. The van der Waals surface area contributed by atoms with Gasteiger partial charge in [-0.25, -0.2) is 0 Å². The van der Waals surface area contributed by atoms with Crippen molar-refractivity contribution in [3.05, 3.63) is 60.2 Å². The number of nitrogens with one attached hydrogen (secondary N) is 1. The smallest absolute Gasteiger partial charge is 0.251 e. The van der Waals surface area contributed by atoms with Gasteiger partial charge in [-0.15, -0.1) is 12.4 Å². The van der Waals surface area contributed by atoms with E-state index >= 15 is 0 Å². The average molecular weight is 248 g/mol. The summed E-state index contributed by atoms with van der Waals surface area (Å²) in [6, 6.07) is 17.7. The zero-order chi connectivity index (χ0) is 11.4. The highest BCUT2D eigenvalue weighted by atomic mass is 35.5. The summed E-state index contributed by atoms with van der Waals surface area (Å²) < 4.78 is 0. The Morgan fingerprint density at radius 1 is 0.882 bits per heavy atom. The summed E-state index contributed by atoms with van der Waals surface area (Å²) in [5.74, 6) is -0.0559. The lowest BCUT2D eigenvalue weighted by atomic mass is 10.0. The molecule has 0 saturated carbocycles. The predicted octanol–water partition coefficient (Wildman–Crippen LogP) is 3.14. The van der Waals surface area contributed by atoms with E-state index in [4.69, 9.17) is 0 Å². The van der Waals surface area contributed by atoms with E-state index in [0.717, 1.165) is 11.1 Å². The van der Waals surface area contributed by atoms with Crippen molar-refractivity contribution in [2.24, 2.45) is 0 Å². The Hall–Kier alpha value is -1.80. The van der Waals surface area contributed by atoms with Crippen LogP contribution in [0.1, 0.15) is 10.4 Å². The third-order valence-corrected chi connectivity index (χ3v) is 2.48. The first-order valence-corrected chi connectivity index (χ1v) is 5.19. The number of amides is 1. The molecule has 0 aromatic heterocycles. The summed E-state index contributed by atoms with van der Waals surface area (Å²) in [5.41, 5.74) is 2.96. The van der Waals surface area contributed by atoms with Gasteiger partial charge in [-0.05, 0) is 23.3 Å². The van der Waals surface area contributed by atoms with Crippen molar-refractivity contribution < 1.29 is 4.79 Å². The molecule has 0 radical (unpaired) electrons. The van der Waals surface area contributed by atoms with E-state index in [1.165, 1.54) is 0 Å². The molecule has 0 aliphatic rings. The molecule has 2 nitrogen and oxygen atoms in total. The summed E-state index contributed by atoms with van der Waals surface area (Å²) >= 11 is 0. The standard InChI is InChI=1S/C14H13NO.ClH/c1-15-14(16)13-9-7-12(8-10-13)11-5-3-2-4-6-11;/h2-10H,1H3,(H,15,16);1H. The van der Waals surface area contributed by atoms with Crippen molar-refractivity contribution in [2.75, 3.05) is 7.05 Å². The van der Waals surface area contributed by atoms with Gasteiger partial charge in [0.15, 0.2) is 0 Å². The van der Waals surface area contributed by atoms with E-state index in [1.54, 1.807) is 7.05 Å². The van der Waals surface area contributed by atoms with Gasteiger partial charge in [0.1, 0.15) is 0 Å². The van der Waals surface area contributed by atoms with Crippen LogP contribution in [0.2, 0.25) is 0 Å². The second-order valence-electron chi connectivity index (χ2n) is 3.52. The van der Waals surface area contributed by atoms with Crippen LogP contribution in [-0.2, 0) is 0 Å². The molecule has 2 aromatic rings. The summed E-state index contributed by atoms with van der Waals surface area (Å²) in [5, 5.41) is 2.60. The molecule has 0 fully saturated rings. The predicted molar refractivity (Wildman–Crippen MR) is 72.5 cm³/mol. The Balaban J connectivity index is 0.00000144. The molecule has 1 N–H and O–H groups in total. The fraction of sp³-hybridized carbons (Fsp3) is 0.0714. The Morgan fingerprint density at radius 3 is 1.94 bits per heavy atom. The van der Waals surface area contributed by atoms with Gasteiger partial charge in [0.05, 0.1) is 0 Å². The van der Waals surface area contributed by atoms with E-state index in [2.05, 4.69) is 17.4 Å². The normalized spacial score (nSPS) is 9.24. The molecule has 0 unspecified atom stereocenters. The topological polar surface area (TPSA) is 29.1 Å². The van der Waals surface area contributed by atoms with Crippen LogP contribution in [0, 0.1) is 0 Å². The summed E-state index contributed by atoms with van der Waals surface area (Å²) in [7, 11) is 1.63. The van der Waals surface area contributed by atoms with Crippen LogP contribution in [0.25, 0.3) is 11.1 Å². The molecule has 0 aliphatic heterocycles. The zero-order valence-electron chi connectivity index (χ0n) is 9.51. The molecule has 17 heavy (non-hydrogen) atoms. The van der Waals surface area contributed by atoms with Crippen molar-refractivity contribution in [2.45, 2.75) is 0 Å². The lowest BCUT2D eigenvalue weighted by molar-refractivity contribution is 0.0963. The molecule has 0 spiro atoms. The maximum atomic E-state index is 11.4. The number of halogens is 1. The Bertz CT molecular complexity index is 479. The number of carbonyl (C=O) groups is 1. The Kier molecular flexibility index (Phi) is 4.73. The van der Waals surface area contributed by atoms with E-state index in [1.807, 2.05) is 42.5 Å². The maximum absolute atomic E-state index is 11.4. The second kappa shape index (κ2) is 6.06. The van der Waals surface area contributed by atoms with Crippen molar-refractivity contribution in [1.29, 1.82) is 0 Å². The van der Waals surface area contributed by atoms with Gasteiger partial charge < -0.3 is 5.32 Å². The number of benzene rings is 2. The van der Waals surface area contributed by atoms with Crippen LogP contribution in [0.5, 0.6) is 0 Å². The van der Waals surface area contributed by atoms with Gasteiger partial charge in [0, 0.05) is 12.6 Å². The largest absolute Gasteiger partial charge is 0.355 e. The maximum Gasteiger partial charge on any atom is 0.251 e. The summed E-state index contributed by atoms with van der Waals surface area (Å²) in [6.45, 7) is 0. The fourth-order valence-electron chi connectivity index (χ4n) is 1.59. The Morgan fingerprint density at radius 2 is 1.41 bits per heavy atom. The monoisotopic (exact) mass is 247 g/mol. The molecular formula is C14H14ClNO. The van der Waals surface area contributed by atoms with E-state index in [-0.39, 0.29) is 18.3 Å². The van der Waals surface area contributed by atoms with Crippen molar-refractivity contribution >= 4 is 18.3 Å². The molecule has 1 amide bonds. The van der Waals surface area contributed by atoms with Crippen LogP contribution in [-0.4, -0.2) is 13.0 Å². The summed E-state index contributed by atoms with van der Waals surface area (Å²) in [6.07, 6.45) is 0. The van der Waals surface area contributed by atoms with Gasteiger partial charge in [0.25, 0.3) is 5.91 Å². The number of hydrogen-bond donors (Lipinski definition) is 1. The highest BCUT2D eigenvalue weighted by molar-refractivity contribution is 5.94. The highest BCUT2D eigenvalue weighted by Gasteiger charge is 2.02. The molecule has 0 bridgehead atoms. The van der Waals surface area contributed by atoms with Crippen LogP contribution >= 0.6 is 12.4 Å². The number of carbonyl (C=O) groups excluding carboxylic acids is 1. The molecule has 0 aliphatic carbocycles. The molecule has 0 saturated heterocycles. The fourth-order valence-corrected chi connectivity index (χ4v) is 1.59. The van der Waals surface area contributed by atoms with Crippen LogP contribution < -0.4 is 5.32 Å². The first kappa shape index (κ1) is 13.3. The third-order valence-electron chi connectivity index (χ3n) is 2.48. The van der Waals surface area contributed by atoms with Crippen LogP contribution in [0.15, 0.2) is 54.6 Å². The average Bonchev–Trinajstić information content (AvgIpc) is 2.39. The van der Waals surface area contributed by atoms with Crippen molar-refractivity contribution in [3.63, 3.8) is 0 Å². The molecule has 0 heterocycles. The molecule has 88 valence electrons. The van der Waals surface area contributed by atoms with Gasteiger partial charge in [-0.3, -0.25) is 4.79 Å². The first-order valence-electron chi connectivity index (χ1n) is 5.19. The van der Waals surface area contributed by atoms with Crippen molar-refractivity contribution in [1.82, 2.24) is 5.32 Å². The van der Waals surface area contributed by atoms with Gasteiger partial charge in [-0.1, -0.05) is 42.5 Å². The molecule has 2 aromatic carbocycles. The Labute approximate surface area is 107 Å². The molecular weight excluding hydrogens is 234 g/mol. The van der Waals surface area contributed by atoms with E-state index in [0.29, 0.717) is 5.56 Å². The van der Waals surface area contributed by atoms with E-state index in [9.17, 15) is 4.79 Å². The van der Waals surface area contributed by atoms with Gasteiger partial charge in [0.2, 0.25) is 0 Å². The van der Waals surface area contributed by atoms with Gasteiger partial charge >= 0.3 is 0 Å².